The van der Waals surface area contributed by atoms with Crippen LogP contribution >= 0.6 is 24.8 Å². The maximum absolute atomic E-state index is 12.1. The highest BCUT2D eigenvalue weighted by Gasteiger charge is 2.25. The van der Waals surface area contributed by atoms with Crippen molar-refractivity contribution >= 4 is 45.1 Å². The third-order valence-electron chi connectivity index (χ3n) is 1.94. The van der Waals surface area contributed by atoms with Crippen LogP contribution in [-0.2, 0) is 10.0 Å². The average Bonchev–Trinajstić information content (AvgIpc) is 2.57. The van der Waals surface area contributed by atoms with Gasteiger partial charge in [-0.15, -0.1) is 11.3 Å². The van der Waals surface area contributed by atoms with E-state index >= 15 is 0 Å². The predicted molar refractivity (Wildman–Crippen MR) is 80.1 cm³/mol. The summed E-state index contributed by atoms with van der Waals surface area (Å²) in [5, 5.41) is 0. The van der Waals surface area contributed by atoms with Crippen LogP contribution in [0.25, 0.3) is 10.2 Å². The highest BCUT2D eigenvalue weighted by Crippen LogP contribution is 2.25. The van der Waals surface area contributed by atoms with E-state index in [-0.39, 0.29) is 17.8 Å². The number of nitrogens with zero attached hydrogens (tertiary/aromatic N) is 1. The molecule has 0 aliphatic rings. The molecule has 1 aromatic carbocycles. The molecule has 0 bridgehead atoms. The molecule has 4 nitrogen and oxygen atoms in total. The fourth-order valence-corrected chi connectivity index (χ4v) is 4.05. The third kappa shape index (κ3) is 3.44. The summed E-state index contributed by atoms with van der Waals surface area (Å²) in [5.41, 5.74) is 0.211. The molecule has 0 saturated carbocycles. The summed E-state index contributed by atoms with van der Waals surface area (Å²) in [6, 6.07) is 7.38. The van der Waals surface area contributed by atoms with Crippen LogP contribution in [0.1, 0.15) is 20.8 Å². The molecule has 1 aromatic heterocycles. The maximum Gasteiger partial charge on any atom is 0.268 e. The molecule has 0 fully saturated rings. The maximum atomic E-state index is 12.1. The molecule has 2 rings (SSSR count). The van der Waals surface area contributed by atoms with Gasteiger partial charge in [0, 0.05) is 5.54 Å². The summed E-state index contributed by atoms with van der Waals surface area (Å²) < 4.78 is 27.7. The van der Waals surface area contributed by atoms with Gasteiger partial charge in [-0.1, -0.05) is 12.1 Å². The van der Waals surface area contributed by atoms with Gasteiger partial charge in [-0.05, 0) is 32.9 Å². The van der Waals surface area contributed by atoms with E-state index < -0.39 is 15.6 Å². The first-order valence-corrected chi connectivity index (χ1v) is 7.47. The SMILES string of the molecule is CC(C)(C)NS(=O)(=O)c1nc2ccccc2s1.S. The van der Waals surface area contributed by atoms with E-state index in [2.05, 4.69) is 9.71 Å². The molecular formula is C11H16N2O2S3. The lowest BCUT2D eigenvalue weighted by atomic mass is 10.1. The Morgan fingerprint density at radius 1 is 1.22 bits per heavy atom. The van der Waals surface area contributed by atoms with Crippen LogP contribution in [0.15, 0.2) is 28.6 Å². The minimum atomic E-state index is -3.52. The molecule has 0 aliphatic carbocycles. The molecule has 0 aliphatic heterocycles. The van der Waals surface area contributed by atoms with Crippen LogP contribution in [0.3, 0.4) is 0 Å². The van der Waals surface area contributed by atoms with Gasteiger partial charge < -0.3 is 0 Å². The Labute approximate surface area is 118 Å². The third-order valence-corrected chi connectivity index (χ3v) is 5.12. The smallest absolute Gasteiger partial charge is 0.224 e. The Morgan fingerprint density at radius 2 is 1.83 bits per heavy atom. The number of rotatable bonds is 2. The molecule has 2 aromatic rings. The van der Waals surface area contributed by atoms with Crippen molar-refractivity contribution < 1.29 is 8.42 Å². The van der Waals surface area contributed by atoms with Crippen LogP contribution in [0.2, 0.25) is 0 Å². The number of aromatic nitrogens is 1. The number of nitrogens with one attached hydrogen (secondary N) is 1. The fraction of sp³-hybridized carbons (Fsp3) is 0.364. The first-order chi connectivity index (χ1) is 7.78. The zero-order valence-electron chi connectivity index (χ0n) is 10.4. The second kappa shape index (κ2) is 5.16. The quantitative estimate of drug-likeness (QED) is 0.927. The molecule has 0 spiro atoms. The van der Waals surface area contributed by atoms with Crippen molar-refractivity contribution in [2.45, 2.75) is 30.6 Å². The summed E-state index contributed by atoms with van der Waals surface area (Å²) in [4.78, 5) is 4.14. The minimum Gasteiger partial charge on any atom is -0.224 e. The first-order valence-electron chi connectivity index (χ1n) is 5.17. The molecule has 0 unspecified atom stereocenters. The summed E-state index contributed by atoms with van der Waals surface area (Å²) in [7, 11) is -3.52. The molecule has 1 N–H and O–H groups in total. The van der Waals surface area contributed by atoms with E-state index in [0.29, 0.717) is 5.52 Å². The van der Waals surface area contributed by atoms with Gasteiger partial charge in [-0.2, -0.15) is 13.5 Å². The number of fused-ring (bicyclic) bond motifs is 1. The van der Waals surface area contributed by atoms with Crippen LogP contribution in [0, 0.1) is 0 Å². The second-order valence-electron chi connectivity index (χ2n) is 4.80. The second-order valence-corrected chi connectivity index (χ2v) is 7.69. The van der Waals surface area contributed by atoms with E-state index in [1.54, 1.807) is 20.8 Å². The van der Waals surface area contributed by atoms with Gasteiger partial charge in [0.25, 0.3) is 10.0 Å². The molecular weight excluding hydrogens is 288 g/mol. The van der Waals surface area contributed by atoms with E-state index in [1.807, 2.05) is 24.3 Å². The average molecular weight is 304 g/mol. The topological polar surface area (TPSA) is 59.1 Å². The lowest BCUT2D eigenvalue weighted by Crippen LogP contribution is -2.40. The Kier molecular flexibility index (Phi) is 4.42. The van der Waals surface area contributed by atoms with Crippen molar-refractivity contribution in [2.24, 2.45) is 0 Å². The van der Waals surface area contributed by atoms with E-state index in [0.717, 1.165) is 4.70 Å². The van der Waals surface area contributed by atoms with Crippen molar-refractivity contribution in [3.05, 3.63) is 24.3 Å². The van der Waals surface area contributed by atoms with Gasteiger partial charge >= 0.3 is 0 Å². The van der Waals surface area contributed by atoms with Gasteiger partial charge in [0.05, 0.1) is 10.2 Å². The number of hydrogen-bond donors (Lipinski definition) is 1. The Balaban J connectivity index is 0.00000162. The fourth-order valence-electron chi connectivity index (χ4n) is 1.41. The highest BCUT2D eigenvalue weighted by molar-refractivity contribution is 7.91. The highest BCUT2D eigenvalue weighted by atomic mass is 32.2. The molecule has 0 saturated heterocycles. The zero-order chi connectivity index (χ0) is 12.7. The molecule has 18 heavy (non-hydrogen) atoms. The number of benzene rings is 1. The minimum absolute atomic E-state index is 0. The van der Waals surface area contributed by atoms with E-state index in [1.165, 1.54) is 11.3 Å². The number of para-hydroxylation sites is 1. The van der Waals surface area contributed by atoms with Crippen LogP contribution in [-0.4, -0.2) is 18.9 Å². The lowest BCUT2D eigenvalue weighted by Gasteiger charge is -2.18. The zero-order valence-corrected chi connectivity index (χ0v) is 13.0. The molecule has 100 valence electrons. The number of thiazole rings is 1. The summed E-state index contributed by atoms with van der Waals surface area (Å²) >= 11 is 1.18. The largest absolute Gasteiger partial charge is 0.268 e. The summed E-state index contributed by atoms with van der Waals surface area (Å²) in [6.07, 6.45) is 0. The first kappa shape index (κ1) is 15.4. The molecule has 0 radical (unpaired) electrons. The number of hydrogen-bond acceptors (Lipinski definition) is 4. The monoisotopic (exact) mass is 304 g/mol. The summed E-state index contributed by atoms with van der Waals surface area (Å²) in [5.74, 6) is 0. The lowest BCUT2D eigenvalue weighted by molar-refractivity contribution is 0.491. The molecule has 1 heterocycles. The van der Waals surface area contributed by atoms with Crippen LogP contribution < -0.4 is 4.72 Å². The number of sulfonamides is 1. The van der Waals surface area contributed by atoms with E-state index in [9.17, 15) is 8.42 Å². The predicted octanol–water partition coefficient (Wildman–Crippen LogP) is 2.49. The van der Waals surface area contributed by atoms with Crippen molar-refractivity contribution in [1.82, 2.24) is 9.71 Å². The Morgan fingerprint density at radius 3 is 2.39 bits per heavy atom. The van der Waals surface area contributed by atoms with E-state index in [4.69, 9.17) is 0 Å². The standard InChI is InChI=1S/C11H14N2O2S2.H2S/c1-11(2,3)13-17(14,15)10-12-8-6-4-5-7-9(8)16-10;/h4-7,13H,1-3H3;1H2. The normalized spacial score (nSPS) is 12.4. The van der Waals surface area contributed by atoms with Gasteiger partial charge in [0.2, 0.25) is 4.34 Å². The van der Waals surface area contributed by atoms with Crippen molar-refractivity contribution in [2.75, 3.05) is 0 Å². The molecule has 0 amide bonds. The Hall–Kier alpha value is -0.630. The van der Waals surface area contributed by atoms with Gasteiger partial charge in [0.1, 0.15) is 0 Å². The van der Waals surface area contributed by atoms with Gasteiger partial charge in [0.15, 0.2) is 0 Å². The Bertz CT molecular complexity index is 609. The van der Waals surface area contributed by atoms with Crippen molar-refractivity contribution in [1.29, 1.82) is 0 Å². The van der Waals surface area contributed by atoms with Gasteiger partial charge in [-0.3, -0.25) is 0 Å². The summed E-state index contributed by atoms with van der Waals surface area (Å²) in [6.45, 7) is 5.41. The van der Waals surface area contributed by atoms with Crippen molar-refractivity contribution in [3.8, 4) is 0 Å². The molecule has 0 atom stereocenters. The van der Waals surface area contributed by atoms with Crippen LogP contribution in [0.4, 0.5) is 0 Å². The van der Waals surface area contributed by atoms with Crippen LogP contribution in [0.5, 0.6) is 0 Å². The van der Waals surface area contributed by atoms with Crippen molar-refractivity contribution in [3.63, 3.8) is 0 Å². The molecule has 7 heteroatoms. The van der Waals surface area contributed by atoms with Gasteiger partial charge in [-0.25, -0.2) is 18.1 Å².